The van der Waals surface area contributed by atoms with Gasteiger partial charge in [0.2, 0.25) is 0 Å². The Morgan fingerprint density at radius 1 is 1.13 bits per heavy atom. The topological polar surface area (TPSA) is 32.7 Å². The summed E-state index contributed by atoms with van der Waals surface area (Å²) in [4.78, 5) is 19.9. The number of amidine groups is 1. The van der Waals surface area contributed by atoms with Crippen molar-refractivity contribution in [2.75, 3.05) is 19.3 Å². The Morgan fingerprint density at radius 3 is 2.50 bits per heavy atom. The molecule has 1 atom stereocenters. The Morgan fingerprint density at radius 2 is 1.83 bits per heavy atom. The molecule has 0 aromatic heterocycles. The van der Waals surface area contributed by atoms with Crippen LogP contribution in [0.15, 0.2) is 65.8 Å². The zero-order valence-corrected chi connectivity index (χ0v) is 18.6. The zero-order chi connectivity index (χ0) is 21.5. The van der Waals surface area contributed by atoms with Gasteiger partial charge in [-0.3, -0.25) is 4.79 Å². The summed E-state index contributed by atoms with van der Waals surface area (Å²) >= 11 is 1.62. The molecule has 1 aliphatic heterocycles. The van der Waals surface area contributed by atoms with Gasteiger partial charge >= 0.3 is 0 Å². The highest BCUT2D eigenvalue weighted by Crippen LogP contribution is 2.24. The van der Waals surface area contributed by atoms with E-state index in [4.69, 9.17) is 4.99 Å². The molecule has 0 radical (unpaired) electrons. The number of thioether (sulfide) groups is 1. The highest BCUT2D eigenvalue weighted by Gasteiger charge is 2.25. The summed E-state index contributed by atoms with van der Waals surface area (Å²) in [5.41, 5.74) is 3.88. The molecule has 0 saturated carbocycles. The maximum Gasteiger partial charge on any atom is 0.166 e. The molecule has 5 heteroatoms. The predicted molar refractivity (Wildman–Crippen MR) is 125 cm³/mol. The highest BCUT2D eigenvalue weighted by molar-refractivity contribution is 8.13. The summed E-state index contributed by atoms with van der Waals surface area (Å²) in [5.74, 6) is -0.229. The summed E-state index contributed by atoms with van der Waals surface area (Å²) in [6, 6.07) is 14.3. The monoisotopic (exact) mass is 424 g/mol. The molecule has 0 aliphatic carbocycles. The number of aryl methyl sites for hydroxylation is 1. The van der Waals surface area contributed by atoms with Crippen molar-refractivity contribution in [3.63, 3.8) is 0 Å². The Balaban J connectivity index is 1.62. The van der Waals surface area contributed by atoms with Gasteiger partial charge in [0.15, 0.2) is 11.0 Å². The molecule has 1 heterocycles. The van der Waals surface area contributed by atoms with E-state index in [9.17, 15) is 9.18 Å². The molecule has 1 fully saturated rings. The van der Waals surface area contributed by atoms with Gasteiger partial charge in [-0.25, -0.2) is 9.38 Å². The van der Waals surface area contributed by atoms with Crippen LogP contribution < -0.4 is 0 Å². The van der Waals surface area contributed by atoms with Crippen LogP contribution in [0.4, 0.5) is 4.39 Å². The van der Waals surface area contributed by atoms with Crippen LogP contribution in [0, 0.1) is 18.7 Å². The maximum absolute atomic E-state index is 13.2. The maximum atomic E-state index is 13.2. The summed E-state index contributed by atoms with van der Waals surface area (Å²) in [7, 11) is 0. The first kappa shape index (κ1) is 22.3. The van der Waals surface area contributed by atoms with E-state index in [2.05, 4.69) is 42.7 Å². The van der Waals surface area contributed by atoms with Crippen LogP contribution in [0.2, 0.25) is 0 Å². The average Bonchev–Trinajstić information content (AvgIpc) is 3.00. The van der Waals surface area contributed by atoms with Crippen molar-refractivity contribution in [3.8, 4) is 0 Å². The molecule has 3 nitrogen and oxygen atoms in total. The molecule has 2 aromatic carbocycles. The average molecular weight is 425 g/mol. The van der Waals surface area contributed by atoms with Crippen LogP contribution in [-0.4, -0.2) is 35.2 Å². The fraction of sp³-hybridized carbons (Fsp3) is 0.360. The second-order valence-corrected chi connectivity index (χ2v) is 8.59. The number of carbonyl (C=O) groups is 1. The first-order valence-electron chi connectivity index (χ1n) is 10.4. The molecule has 0 amide bonds. The molecular weight excluding hydrogens is 395 g/mol. The lowest BCUT2D eigenvalue weighted by Gasteiger charge is -2.23. The molecule has 1 aliphatic rings. The number of hydrogen-bond acceptors (Lipinski definition) is 3. The van der Waals surface area contributed by atoms with E-state index in [-0.39, 0.29) is 17.5 Å². The predicted octanol–water partition coefficient (Wildman–Crippen LogP) is 5.89. The normalized spacial score (nSPS) is 17.5. The van der Waals surface area contributed by atoms with Crippen molar-refractivity contribution in [1.82, 2.24) is 4.90 Å². The molecule has 0 spiro atoms. The standard InChI is InChI=1S/C25H29FN2OS/c1-18-6-8-20(9-7-18)17-19(2)27-25(30-3)28-15-4-5-21(14-16-28)24(29)22-10-12-23(26)13-11-22/h6-13,21H,2,4-5,14-17H2,1,3H3. The molecule has 30 heavy (non-hydrogen) atoms. The van der Waals surface area contributed by atoms with Crippen LogP contribution in [0.1, 0.15) is 40.7 Å². The number of nitrogens with zero attached hydrogens (tertiary/aromatic N) is 2. The van der Waals surface area contributed by atoms with E-state index < -0.39 is 0 Å². The number of benzene rings is 2. The third kappa shape index (κ3) is 6.05. The SMILES string of the molecule is C=C(Cc1ccc(C)cc1)N=C(SC)N1CCCC(C(=O)c2ccc(F)cc2)CC1. The minimum absolute atomic E-state index is 0.0284. The number of hydrogen-bond donors (Lipinski definition) is 0. The fourth-order valence-corrected chi connectivity index (χ4v) is 4.42. The Labute approximate surface area is 183 Å². The van der Waals surface area contributed by atoms with Crippen molar-refractivity contribution in [2.45, 2.75) is 32.6 Å². The number of carbonyl (C=O) groups excluding carboxylic acids is 1. The zero-order valence-electron chi connectivity index (χ0n) is 17.7. The lowest BCUT2D eigenvalue weighted by molar-refractivity contribution is 0.0909. The van der Waals surface area contributed by atoms with E-state index in [1.807, 2.05) is 6.26 Å². The van der Waals surface area contributed by atoms with Crippen LogP contribution in [0.3, 0.4) is 0 Å². The van der Waals surface area contributed by atoms with Gasteiger partial charge in [-0.1, -0.05) is 48.2 Å². The lowest BCUT2D eigenvalue weighted by Crippen LogP contribution is -2.30. The summed E-state index contributed by atoms with van der Waals surface area (Å²) in [5, 5.41) is 0.960. The van der Waals surface area contributed by atoms with E-state index in [1.165, 1.54) is 23.3 Å². The van der Waals surface area contributed by atoms with Crippen LogP contribution in [0.5, 0.6) is 0 Å². The number of rotatable bonds is 5. The summed E-state index contributed by atoms with van der Waals surface area (Å²) < 4.78 is 13.2. The number of likely N-dealkylation sites (tertiary alicyclic amines) is 1. The van der Waals surface area contributed by atoms with E-state index in [0.29, 0.717) is 5.56 Å². The molecule has 0 bridgehead atoms. The molecule has 158 valence electrons. The number of halogens is 1. The molecule has 1 saturated heterocycles. The van der Waals surface area contributed by atoms with Crippen molar-refractivity contribution in [3.05, 3.63) is 83.3 Å². The van der Waals surface area contributed by atoms with Crippen molar-refractivity contribution >= 4 is 22.7 Å². The summed E-state index contributed by atoms with van der Waals surface area (Å²) in [6.07, 6.45) is 5.31. The highest BCUT2D eigenvalue weighted by atomic mass is 32.2. The van der Waals surface area contributed by atoms with Gasteiger partial charge in [-0.15, -0.1) is 0 Å². The second kappa shape index (κ2) is 10.6. The van der Waals surface area contributed by atoms with Crippen LogP contribution >= 0.6 is 11.8 Å². The van der Waals surface area contributed by atoms with Gasteiger partial charge < -0.3 is 4.90 Å². The fourth-order valence-electron chi connectivity index (χ4n) is 3.76. The smallest absolute Gasteiger partial charge is 0.166 e. The molecule has 0 N–H and O–H groups in total. The van der Waals surface area contributed by atoms with Gasteiger partial charge in [-0.05, 0) is 62.3 Å². The van der Waals surface area contributed by atoms with Gasteiger partial charge in [0.1, 0.15) is 5.82 Å². The minimum Gasteiger partial charge on any atom is -0.351 e. The Bertz CT molecular complexity index is 906. The minimum atomic E-state index is -0.315. The van der Waals surface area contributed by atoms with Crippen LogP contribution in [-0.2, 0) is 6.42 Å². The third-order valence-electron chi connectivity index (χ3n) is 5.46. The first-order valence-corrected chi connectivity index (χ1v) is 11.6. The van der Waals surface area contributed by atoms with Gasteiger partial charge in [0.05, 0.1) is 0 Å². The quantitative estimate of drug-likeness (QED) is 0.341. The van der Waals surface area contributed by atoms with E-state index >= 15 is 0 Å². The van der Waals surface area contributed by atoms with Crippen molar-refractivity contribution in [2.24, 2.45) is 10.9 Å². The van der Waals surface area contributed by atoms with Gasteiger partial charge in [0.25, 0.3) is 0 Å². The van der Waals surface area contributed by atoms with Crippen molar-refractivity contribution in [1.29, 1.82) is 0 Å². The molecule has 1 unspecified atom stereocenters. The number of allylic oxidation sites excluding steroid dienone is 1. The second-order valence-electron chi connectivity index (χ2n) is 7.81. The van der Waals surface area contributed by atoms with Crippen molar-refractivity contribution < 1.29 is 9.18 Å². The van der Waals surface area contributed by atoms with Gasteiger partial charge in [0, 0.05) is 36.7 Å². The van der Waals surface area contributed by atoms with E-state index in [0.717, 1.165) is 49.6 Å². The Hall–Kier alpha value is -2.40. The van der Waals surface area contributed by atoms with E-state index in [1.54, 1.807) is 23.9 Å². The van der Waals surface area contributed by atoms with Crippen LogP contribution in [0.25, 0.3) is 0 Å². The Kier molecular flexibility index (Phi) is 7.86. The first-order chi connectivity index (χ1) is 14.5. The lowest BCUT2D eigenvalue weighted by atomic mass is 9.91. The molecule has 3 rings (SSSR count). The van der Waals surface area contributed by atoms with Gasteiger partial charge in [-0.2, -0.15) is 0 Å². The third-order valence-corrected chi connectivity index (χ3v) is 6.18. The number of Topliss-reactive ketones (excluding diaryl/α,β-unsaturated/α-hetero) is 1. The molecule has 2 aromatic rings. The molecular formula is C25H29FN2OS. The number of aliphatic imine (C=N–C) groups is 1. The summed E-state index contributed by atoms with van der Waals surface area (Å²) in [6.45, 7) is 7.90. The number of ketones is 1. The largest absolute Gasteiger partial charge is 0.351 e.